The van der Waals surface area contributed by atoms with Crippen molar-refractivity contribution in [2.45, 2.75) is 6.42 Å². The van der Waals surface area contributed by atoms with E-state index in [-0.39, 0.29) is 17.9 Å². The Morgan fingerprint density at radius 3 is 2.60 bits per heavy atom. The molecule has 0 aliphatic heterocycles. The molecule has 0 aliphatic carbocycles. The van der Waals surface area contributed by atoms with Gasteiger partial charge in [-0.1, -0.05) is 0 Å². The van der Waals surface area contributed by atoms with Gasteiger partial charge in [0, 0.05) is 33.3 Å². The first-order valence-electron chi connectivity index (χ1n) is 4.69. The lowest BCUT2D eigenvalue weighted by atomic mass is 10.4. The van der Waals surface area contributed by atoms with Crippen LogP contribution in [0.2, 0.25) is 0 Å². The van der Waals surface area contributed by atoms with E-state index in [2.05, 4.69) is 5.32 Å². The van der Waals surface area contributed by atoms with E-state index in [0.717, 1.165) is 4.57 Å². The van der Waals surface area contributed by atoms with Gasteiger partial charge in [-0.25, -0.2) is 4.79 Å². The van der Waals surface area contributed by atoms with Gasteiger partial charge in [0.05, 0.1) is 0 Å². The van der Waals surface area contributed by atoms with Gasteiger partial charge in [-0.05, 0) is 6.42 Å². The number of rotatable bonds is 4. The third-order valence-electron chi connectivity index (χ3n) is 2.17. The summed E-state index contributed by atoms with van der Waals surface area (Å²) in [6.45, 7) is 0.600. The molecule has 6 heteroatoms. The topological polar surface area (TPSA) is 76.3 Å². The van der Waals surface area contributed by atoms with E-state index in [9.17, 15) is 9.59 Å². The lowest BCUT2D eigenvalue weighted by molar-refractivity contribution is 0.292. The smallest absolute Gasteiger partial charge is 0.332 e. The van der Waals surface area contributed by atoms with Crippen molar-refractivity contribution in [2.75, 3.05) is 18.5 Å². The minimum Gasteiger partial charge on any atom is -0.396 e. The molecule has 84 valence electrons. The van der Waals surface area contributed by atoms with Gasteiger partial charge in [0.1, 0.15) is 5.82 Å². The number of nitrogens with zero attached hydrogens (tertiary/aromatic N) is 2. The molecule has 0 saturated heterocycles. The van der Waals surface area contributed by atoms with Gasteiger partial charge >= 0.3 is 5.69 Å². The summed E-state index contributed by atoms with van der Waals surface area (Å²) in [5, 5.41) is 11.5. The molecule has 0 amide bonds. The Morgan fingerprint density at radius 1 is 1.33 bits per heavy atom. The number of aliphatic hydroxyl groups is 1. The zero-order valence-electron chi connectivity index (χ0n) is 8.86. The number of aromatic nitrogens is 2. The van der Waals surface area contributed by atoms with Gasteiger partial charge < -0.3 is 10.4 Å². The predicted molar refractivity (Wildman–Crippen MR) is 57.1 cm³/mol. The predicted octanol–water partition coefficient (Wildman–Crippen LogP) is -1.12. The first kappa shape index (κ1) is 11.5. The van der Waals surface area contributed by atoms with Crippen LogP contribution in [0.4, 0.5) is 5.82 Å². The minimum absolute atomic E-state index is 0.0752. The summed E-state index contributed by atoms with van der Waals surface area (Å²) in [4.78, 5) is 22.8. The molecule has 2 N–H and O–H groups in total. The average molecular weight is 213 g/mol. The zero-order chi connectivity index (χ0) is 11.4. The molecule has 0 saturated carbocycles. The van der Waals surface area contributed by atoms with E-state index < -0.39 is 0 Å². The summed E-state index contributed by atoms with van der Waals surface area (Å²) in [6, 6.07) is 1.36. The maximum Gasteiger partial charge on any atom is 0.332 e. The number of nitrogens with one attached hydrogen (secondary N) is 1. The molecule has 15 heavy (non-hydrogen) atoms. The largest absolute Gasteiger partial charge is 0.396 e. The molecular weight excluding hydrogens is 198 g/mol. The number of hydrogen-bond donors (Lipinski definition) is 2. The maximum absolute atomic E-state index is 11.5. The summed E-state index contributed by atoms with van der Waals surface area (Å²) < 4.78 is 2.40. The third kappa shape index (κ3) is 2.47. The van der Waals surface area contributed by atoms with Crippen LogP contribution in [-0.4, -0.2) is 27.4 Å². The van der Waals surface area contributed by atoms with Crippen LogP contribution < -0.4 is 16.6 Å². The van der Waals surface area contributed by atoms with Gasteiger partial charge in [0.2, 0.25) is 0 Å². The van der Waals surface area contributed by atoms with E-state index in [4.69, 9.17) is 5.11 Å². The number of hydrogen-bond acceptors (Lipinski definition) is 4. The molecule has 0 aromatic carbocycles. The van der Waals surface area contributed by atoms with Gasteiger partial charge in [0.25, 0.3) is 5.56 Å². The van der Waals surface area contributed by atoms with Gasteiger partial charge in [-0.15, -0.1) is 0 Å². The van der Waals surface area contributed by atoms with Gasteiger partial charge in [-0.2, -0.15) is 0 Å². The Morgan fingerprint density at radius 2 is 2.00 bits per heavy atom. The van der Waals surface area contributed by atoms with E-state index in [1.165, 1.54) is 17.7 Å². The summed E-state index contributed by atoms with van der Waals surface area (Å²) >= 11 is 0. The molecule has 0 radical (unpaired) electrons. The molecule has 0 spiro atoms. The Balaban J connectivity index is 3.00. The van der Waals surface area contributed by atoms with Crippen LogP contribution in [0.3, 0.4) is 0 Å². The number of aliphatic hydroxyl groups excluding tert-OH is 1. The van der Waals surface area contributed by atoms with E-state index in [1.807, 2.05) is 0 Å². The minimum atomic E-state index is -0.367. The number of anilines is 1. The quantitative estimate of drug-likeness (QED) is 0.621. The van der Waals surface area contributed by atoms with E-state index in [0.29, 0.717) is 18.8 Å². The van der Waals surface area contributed by atoms with Crippen molar-refractivity contribution in [1.29, 1.82) is 0 Å². The van der Waals surface area contributed by atoms with E-state index in [1.54, 1.807) is 7.05 Å². The van der Waals surface area contributed by atoms with Gasteiger partial charge in [-0.3, -0.25) is 13.9 Å². The second kappa shape index (κ2) is 4.79. The SMILES string of the molecule is Cn1c(NCCCO)cc(=O)n(C)c1=O. The van der Waals surface area contributed by atoms with Crippen molar-refractivity contribution in [3.8, 4) is 0 Å². The highest BCUT2D eigenvalue weighted by atomic mass is 16.3. The molecule has 0 fully saturated rings. The van der Waals surface area contributed by atoms with Crippen LogP contribution in [0.5, 0.6) is 0 Å². The molecule has 0 unspecified atom stereocenters. The highest BCUT2D eigenvalue weighted by Gasteiger charge is 2.04. The molecule has 1 aromatic rings. The fourth-order valence-electron chi connectivity index (χ4n) is 1.20. The lowest BCUT2D eigenvalue weighted by Gasteiger charge is -2.10. The summed E-state index contributed by atoms with van der Waals surface area (Å²) in [7, 11) is 3.02. The van der Waals surface area contributed by atoms with Crippen LogP contribution in [0.15, 0.2) is 15.7 Å². The fraction of sp³-hybridized carbons (Fsp3) is 0.556. The fourth-order valence-corrected chi connectivity index (χ4v) is 1.20. The molecule has 6 nitrogen and oxygen atoms in total. The van der Waals surface area contributed by atoms with Crippen molar-refractivity contribution in [3.05, 3.63) is 26.9 Å². The third-order valence-corrected chi connectivity index (χ3v) is 2.17. The molecule has 0 atom stereocenters. The second-order valence-corrected chi connectivity index (χ2v) is 3.27. The first-order chi connectivity index (χ1) is 7.07. The maximum atomic E-state index is 11.5. The first-order valence-corrected chi connectivity index (χ1v) is 4.69. The van der Waals surface area contributed by atoms with Crippen molar-refractivity contribution in [1.82, 2.24) is 9.13 Å². The Bertz CT molecular complexity index is 447. The van der Waals surface area contributed by atoms with Crippen molar-refractivity contribution >= 4 is 5.82 Å². The van der Waals surface area contributed by atoms with Crippen molar-refractivity contribution < 1.29 is 5.11 Å². The van der Waals surface area contributed by atoms with Crippen molar-refractivity contribution in [2.24, 2.45) is 14.1 Å². The molecule has 0 aliphatic rings. The summed E-state index contributed by atoms with van der Waals surface area (Å²) in [6.07, 6.45) is 0.573. The zero-order valence-corrected chi connectivity index (χ0v) is 8.86. The second-order valence-electron chi connectivity index (χ2n) is 3.27. The monoisotopic (exact) mass is 213 g/mol. The van der Waals surface area contributed by atoms with Crippen LogP contribution in [0.25, 0.3) is 0 Å². The van der Waals surface area contributed by atoms with Crippen LogP contribution in [0, 0.1) is 0 Å². The lowest BCUT2D eigenvalue weighted by Crippen LogP contribution is -2.37. The summed E-state index contributed by atoms with van der Waals surface area (Å²) in [5.74, 6) is 0.469. The molecular formula is C9H15N3O3. The highest BCUT2D eigenvalue weighted by molar-refractivity contribution is 5.33. The molecule has 0 bridgehead atoms. The van der Waals surface area contributed by atoms with Crippen LogP contribution >= 0.6 is 0 Å². The normalized spacial score (nSPS) is 10.3. The van der Waals surface area contributed by atoms with Crippen LogP contribution in [-0.2, 0) is 14.1 Å². The Labute approximate surface area is 86.8 Å². The van der Waals surface area contributed by atoms with E-state index >= 15 is 0 Å². The Kier molecular flexibility index (Phi) is 3.68. The summed E-state index contributed by atoms with van der Waals surface area (Å²) in [5.41, 5.74) is -0.710. The molecule has 1 heterocycles. The molecule has 1 rings (SSSR count). The average Bonchev–Trinajstić information content (AvgIpc) is 2.23. The standard InChI is InChI=1S/C9H15N3O3/c1-11-7(10-4-3-5-13)6-8(14)12(2)9(11)15/h6,10,13H,3-5H2,1-2H3. The molecule has 1 aromatic heterocycles. The Hall–Kier alpha value is -1.56. The van der Waals surface area contributed by atoms with Crippen LogP contribution in [0.1, 0.15) is 6.42 Å². The van der Waals surface area contributed by atoms with Crippen molar-refractivity contribution in [3.63, 3.8) is 0 Å². The van der Waals surface area contributed by atoms with Gasteiger partial charge in [0.15, 0.2) is 0 Å². The highest BCUT2D eigenvalue weighted by Crippen LogP contribution is 1.97.